The molecule has 1 aliphatic heterocycles. The van der Waals surface area contributed by atoms with E-state index in [1.54, 1.807) is 26.5 Å². The second-order valence-corrected chi connectivity index (χ2v) is 4.23. The van der Waals surface area contributed by atoms with Gasteiger partial charge in [-0.2, -0.15) is 4.98 Å². The summed E-state index contributed by atoms with van der Waals surface area (Å²) in [5.41, 5.74) is 4.99. The van der Waals surface area contributed by atoms with Crippen LogP contribution in [-0.4, -0.2) is 36.2 Å². The van der Waals surface area contributed by atoms with E-state index in [2.05, 4.69) is 4.98 Å². The molecule has 1 aromatic heterocycles. The Morgan fingerprint density at radius 2 is 2.17 bits per heavy atom. The smallest absolute Gasteiger partial charge is 0.351 e. The number of hydrogen-bond acceptors (Lipinski definition) is 6. The van der Waals surface area contributed by atoms with E-state index in [9.17, 15) is 4.79 Å². The topological polar surface area (TPSA) is 88.6 Å². The average Bonchev–Trinajstić information content (AvgIpc) is 2.65. The molecule has 18 heavy (non-hydrogen) atoms. The molecule has 7 heteroatoms. The maximum atomic E-state index is 11.8. The van der Waals surface area contributed by atoms with E-state index in [4.69, 9.17) is 19.9 Å². The van der Waals surface area contributed by atoms with Crippen molar-refractivity contribution in [3.8, 4) is 0 Å². The molecule has 2 rings (SSSR count). The monoisotopic (exact) mass is 255 g/mol. The summed E-state index contributed by atoms with van der Waals surface area (Å²) in [6, 6.07) is 1.54. The van der Waals surface area contributed by atoms with Gasteiger partial charge in [-0.3, -0.25) is 4.57 Å². The van der Waals surface area contributed by atoms with Crippen molar-refractivity contribution in [1.29, 1.82) is 0 Å². The first kappa shape index (κ1) is 13.0. The molecule has 7 nitrogen and oxygen atoms in total. The van der Waals surface area contributed by atoms with E-state index < -0.39 is 18.2 Å². The second-order valence-electron chi connectivity index (χ2n) is 4.23. The van der Waals surface area contributed by atoms with Gasteiger partial charge in [0.2, 0.25) is 0 Å². The highest BCUT2D eigenvalue weighted by atomic mass is 16.7. The van der Waals surface area contributed by atoms with Crippen molar-refractivity contribution in [2.24, 2.45) is 5.92 Å². The first-order valence-electron chi connectivity index (χ1n) is 5.64. The molecule has 2 heterocycles. The number of aromatic nitrogens is 2. The molecule has 1 saturated heterocycles. The van der Waals surface area contributed by atoms with Crippen LogP contribution in [0.2, 0.25) is 0 Å². The number of nitrogen functional groups attached to an aromatic ring is 1. The molecule has 0 radical (unpaired) electrons. The van der Waals surface area contributed by atoms with Gasteiger partial charge in [0.15, 0.2) is 12.5 Å². The lowest BCUT2D eigenvalue weighted by Crippen LogP contribution is -2.34. The second kappa shape index (κ2) is 5.05. The third-order valence-electron chi connectivity index (χ3n) is 3.13. The van der Waals surface area contributed by atoms with Crippen molar-refractivity contribution in [3.05, 3.63) is 22.7 Å². The highest BCUT2D eigenvalue weighted by Gasteiger charge is 2.43. The van der Waals surface area contributed by atoms with E-state index in [1.165, 1.54) is 4.57 Å². The SMILES string of the molecule is COC1C(C)[C@@H](OC)O[C@H]1n1ccc(N)nc1=O. The molecule has 2 N–H and O–H groups in total. The van der Waals surface area contributed by atoms with Crippen LogP contribution < -0.4 is 11.4 Å². The minimum atomic E-state index is -0.560. The van der Waals surface area contributed by atoms with Crippen molar-refractivity contribution >= 4 is 5.82 Å². The highest BCUT2D eigenvalue weighted by molar-refractivity contribution is 5.23. The van der Waals surface area contributed by atoms with Gasteiger partial charge < -0.3 is 19.9 Å². The number of anilines is 1. The van der Waals surface area contributed by atoms with Gasteiger partial charge in [0, 0.05) is 26.3 Å². The van der Waals surface area contributed by atoms with Crippen LogP contribution in [0.5, 0.6) is 0 Å². The summed E-state index contributed by atoms with van der Waals surface area (Å²) < 4.78 is 17.6. The Balaban J connectivity index is 2.35. The standard InChI is InChI=1S/C11H17N3O4/c1-6-8(16-2)9(18-10(6)17-3)14-5-4-7(12)13-11(14)15/h4-6,8-10H,1-3H3,(H2,12,13,15)/t6?,8?,9-,10+/m1/s1. The molecule has 0 aromatic carbocycles. The fourth-order valence-electron chi connectivity index (χ4n) is 2.20. The van der Waals surface area contributed by atoms with Crippen LogP contribution >= 0.6 is 0 Å². The molecule has 4 atom stereocenters. The summed E-state index contributed by atoms with van der Waals surface area (Å²) >= 11 is 0. The molecular formula is C11H17N3O4. The fraction of sp³-hybridized carbons (Fsp3) is 0.636. The quantitative estimate of drug-likeness (QED) is 0.816. The van der Waals surface area contributed by atoms with Crippen molar-refractivity contribution < 1.29 is 14.2 Å². The van der Waals surface area contributed by atoms with Gasteiger partial charge in [0.25, 0.3) is 0 Å². The molecule has 0 saturated carbocycles. The fourth-order valence-corrected chi connectivity index (χ4v) is 2.20. The highest BCUT2D eigenvalue weighted by Crippen LogP contribution is 2.35. The van der Waals surface area contributed by atoms with Crippen molar-refractivity contribution in [3.63, 3.8) is 0 Å². The summed E-state index contributed by atoms with van der Waals surface area (Å²) in [6.45, 7) is 1.94. The average molecular weight is 255 g/mol. The van der Waals surface area contributed by atoms with Crippen LogP contribution in [0.3, 0.4) is 0 Å². The number of nitrogens with two attached hydrogens (primary N) is 1. The van der Waals surface area contributed by atoms with Gasteiger partial charge in [-0.25, -0.2) is 4.79 Å². The first-order valence-corrected chi connectivity index (χ1v) is 5.64. The van der Waals surface area contributed by atoms with Crippen LogP contribution in [0.1, 0.15) is 13.2 Å². The zero-order chi connectivity index (χ0) is 13.3. The van der Waals surface area contributed by atoms with E-state index in [-0.39, 0.29) is 17.8 Å². The molecule has 100 valence electrons. The molecular weight excluding hydrogens is 238 g/mol. The van der Waals surface area contributed by atoms with Crippen LogP contribution in [0, 0.1) is 5.92 Å². The zero-order valence-corrected chi connectivity index (χ0v) is 10.6. The molecule has 2 unspecified atom stereocenters. The van der Waals surface area contributed by atoms with E-state index in [0.29, 0.717) is 0 Å². The molecule has 0 amide bonds. The Hall–Kier alpha value is -1.44. The number of methoxy groups -OCH3 is 2. The summed E-state index contributed by atoms with van der Waals surface area (Å²) in [4.78, 5) is 15.5. The van der Waals surface area contributed by atoms with Gasteiger partial charge in [-0.1, -0.05) is 6.92 Å². The molecule has 1 aromatic rings. The lowest BCUT2D eigenvalue weighted by Gasteiger charge is -2.20. The summed E-state index contributed by atoms with van der Waals surface area (Å²) in [6.07, 6.45) is 0.296. The van der Waals surface area contributed by atoms with E-state index >= 15 is 0 Å². The summed E-state index contributed by atoms with van der Waals surface area (Å²) in [7, 11) is 3.13. The van der Waals surface area contributed by atoms with Crippen LogP contribution in [-0.2, 0) is 14.2 Å². The lowest BCUT2D eigenvalue weighted by atomic mass is 10.1. The third kappa shape index (κ3) is 2.12. The van der Waals surface area contributed by atoms with Gasteiger partial charge in [-0.15, -0.1) is 0 Å². The van der Waals surface area contributed by atoms with Gasteiger partial charge in [-0.05, 0) is 6.07 Å². The van der Waals surface area contributed by atoms with Crippen molar-refractivity contribution in [1.82, 2.24) is 9.55 Å². The first-order chi connectivity index (χ1) is 8.58. The molecule has 0 aliphatic carbocycles. The molecule has 0 spiro atoms. The number of nitrogens with zero attached hydrogens (tertiary/aromatic N) is 2. The van der Waals surface area contributed by atoms with E-state index in [0.717, 1.165) is 0 Å². The predicted molar refractivity (Wildman–Crippen MR) is 63.8 cm³/mol. The number of ether oxygens (including phenoxy) is 3. The van der Waals surface area contributed by atoms with E-state index in [1.807, 2.05) is 6.92 Å². The summed E-state index contributed by atoms with van der Waals surface area (Å²) in [5, 5.41) is 0. The van der Waals surface area contributed by atoms with Gasteiger partial charge in [0.1, 0.15) is 11.9 Å². The van der Waals surface area contributed by atoms with Crippen LogP contribution in [0.25, 0.3) is 0 Å². The Morgan fingerprint density at radius 3 is 2.72 bits per heavy atom. The zero-order valence-electron chi connectivity index (χ0n) is 10.6. The predicted octanol–water partition coefficient (Wildman–Crippen LogP) is -0.0221. The maximum Gasteiger partial charge on any atom is 0.351 e. The summed E-state index contributed by atoms with van der Waals surface area (Å²) in [5.74, 6) is 0.189. The minimum absolute atomic E-state index is 0.00875. The van der Waals surface area contributed by atoms with Gasteiger partial charge >= 0.3 is 5.69 Å². The number of hydrogen-bond donors (Lipinski definition) is 1. The Morgan fingerprint density at radius 1 is 1.44 bits per heavy atom. The Bertz CT molecular complexity index is 476. The normalized spacial score (nSPS) is 31.7. The Labute approximate surface area is 104 Å². The number of rotatable bonds is 3. The Kier molecular flexibility index (Phi) is 3.65. The maximum absolute atomic E-state index is 11.8. The molecule has 1 fully saturated rings. The molecule has 1 aliphatic rings. The lowest BCUT2D eigenvalue weighted by molar-refractivity contribution is -0.149. The molecule has 0 bridgehead atoms. The van der Waals surface area contributed by atoms with Crippen LogP contribution in [0.4, 0.5) is 5.82 Å². The minimum Gasteiger partial charge on any atom is -0.383 e. The van der Waals surface area contributed by atoms with Crippen molar-refractivity contribution in [2.75, 3.05) is 20.0 Å². The van der Waals surface area contributed by atoms with Gasteiger partial charge in [0.05, 0.1) is 0 Å². The largest absolute Gasteiger partial charge is 0.383 e. The third-order valence-corrected chi connectivity index (χ3v) is 3.13. The van der Waals surface area contributed by atoms with Crippen LogP contribution in [0.15, 0.2) is 17.1 Å². The van der Waals surface area contributed by atoms with Crippen molar-refractivity contribution in [2.45, 2.75) is 25.5 Å².